The number of amides is 3. The normalized spacial score (nSPS) is 22.4. The Hall–Kier alpha value is -3.19. The van der Waals surface area contributed by atoms with E-state index in [1.807, 2.05) is 0 Å². The lowest BCUT2D eigenvalue weighted by atomic mass is 9.76. The van der Waals surface area contributed by atoms with E-state index >= 15 is 0 Å². The lowest BCUT2D eigenvalue weighted by Gasteiger charge is -2.25. The Morgan fingerprint density at radius 1 is 1.06 bits per heavy atom. The standard InChI is InChI=1S/C24H23ClN2O5/c1-14-5-10-19-20(11-14)23(30)27(22(19)29)18-4-2-3-15(12-18)24(31)32-13-21(28)26-17-8-6-16(25)7-9-17/h2-4,6-9,12,14,19-20H,5,10-11,13H2,1H3,(H,26,28)/t14-,19-,20-/m1/s1. The third-order valence-corrected chi connectivity index (χ3v) is 6.24. The van der Waals surface area contributed by atoms with Crippen LogP contribution in [-0.2, 0) is 19.1 Å². The van der Waals surface area contributed by atoms with Crippen LogP contribution in [0, 0.1) is 17.8 Å². The molecule has 3 atom stereocenters. The zero-order valence-electron chi connectivity index (χ0n) is 17.5. The Kier molecular flexibility index (Phi) is 6.28. The summed E-state index contributed by atoms with van der Waals surface area (Å²) in [5, 5.41) is 3.14. The number of benzene rings is 2. The van der Waals surface area contributed by atoms with Crippen LogP contribution in [0.3, 0.4) is 0 Å². The monoisotopic (exact) mass is 454 g/mol. The minimum Gasteiger partial charge on any atom is -0.452 e. The summed E-state index contributed by atoms with van der Waals surface area (Å²) in [5.41, 5.74) is 1.03. The maximum Gasteiger partial charge on any atom is 0.338 e. The van der Waals surface area contributed by atoms with Gasteiger partial charge in [-0.05, 0) is 67.6 Å². The number of nitrogens with zero attached hydrogens (tertiary/aromatic N) is 1. The molecule has 0 spiro atoms. The zero-order chi connectivity index (χ0) is 22.8. The number of fused-ring (bicyclic) bond motifs is 1. The van der Waals surface area contributed by atoms with Crippen LogP contribution in [0.25, 0.3) is 0 Å². The van der Waals surface area contributed by atoms with Crippen LogP contribution < -0.4 is 10.2 Å². The summed E-state index contributed by atoms with van der Waals surface area (Å²) >= 11 is 5.81. The van der Waals surface area contributed by atoms with E-state index in [1.165, 1.54) is 17.0 Å². The molecule has 0 unspecified atom stereocenters. The molecule has 1 saturated heterocycles. The number of anilines is 2. The topological polar surface area (TPSA) is 92.8 Å². The molecular formula is C24H23ClN2O5. The van der Waals surface area contributed by atoms with Gasteiger partial charge < -0.3 is 10.1 Å². The molecule has 1 N–H and O–H groups in total. The van der Waals surface area contributed by atoms with E-state index in [0.29, 0.717) is 35.2 Å². The molecule has 32 heavy (non-hydrogen) atoms. The Bertz CT molecular complexity index is 1070. The van der Waals surface area contributed by atoms with Crippen molar-refractivity contribution in [3.05, 3.63) is 59.1 Å². The summed E-state index contributed by atoms with van der Waals surface area (Å²) in [6.45, 7) is 1.62. The van der Waals surface area contributed by atoms with Gasteiger partial charge in [0.2, 0.25) is 11.8 Å². The molecular weight excluding hydrogens is 432 g/mol. The van der Waals surface area contributed by atoms with Gasteiger partial charge in [0.1, 0.15) is 0 Å². The van der Waals surface area contributed by atoms with E-state index in [2.05, 4.69) is 12.2 Å². The quantitative estimate of drug-likeness (QED) is 0.543. The summed E-state index contributed by atoms with van der Waals surface area (Å²) in [5.74, 6) is -1.81. The largest absolute Gasteiger partial charge is 0.452 e. The first-order chi connectivity index (χ1) is 15.3. The second kappa shape index (κ2) is 9.12. The Labute approximate surface area is 190 Å². The fourth-order valence-corrected chi connectivity index (χ4v) is 4.49. The van der Waals surface area contributed by atoms with Gasteiger partial charge in [-0.1, -0.05) is 24.6 Å². The van der Waals surface area contributed by atoms with Crippen LogP contribution in [0.5, 0.6) is 0 Å². The first-order valence-electron chi connectivity index (χ1n) is 10.5. The number of ether oxygens (including phenoxy) is 1. The average molecular weight is 455 g/mol. The highest BCUT2D eigenvalue weighted by molar-refractivity contribution is 6.30. The van der Waals surface area contributed by atoms with Crippen LogP contribution in [0.4, 0.5) is 11.4 Å². The molecule has 3 amide bonds. The van der Waals surface area contributed by atoms with Crippen molar-refractivity contribution in [3.8, 4) is 0 Å². The smallest absolute Gasteiger partial charge is 0.338 e. The third kappa shape index (κ3) is 4.53. The van der Waals surface area contributed by atoms with E-state index in [4.69, 9.17) is 16.3 Å². The number of carbonyl (C=O) groups is 4. The van der Waals surface area contributed by atoms with Gasteiger partial charge in [-0.25, -0.2) is 4.79 Å². The molecule has 0 aromatic heterocycles. The van der Waals surface area contributed by atoms with Crippen molar-refractivity contribution in [2.24, 2.45) is 17.8 Å². The fraction of sp³-hybridized carbons (Fsp3) is 0.333. The Balaban J connectivity index is 1.41. The Morgan fingerprint density at radius 3 is 2.53 bits per heavy atom. The van der Waals surface area contributed by atoms with Gasteiger partial charge in [-0.3, -0.25) is 19.3 Å². The maximum atomic E-state index is 12.9. The SMILES string of the molecule is C[C@@H]1CC[C@H]2C(=O)N(c3cccc(C(=O)OCC(=O)Nc4ccc(Cl)cc4)c3)C(=O)[C@@H]2C1. The molecule has 1 heterocycles. The van der Waals surface area contributed by atoms with Crippen molar-refractivity contribution in [3.63, 3.8) is 0 Å². The van der Waals surface area contributed by atoms with Gasteiger partial charge in [-0.2, -0.15) is 0 Å². The molecule has 7 nitrogen and oxygen atoms in total. The third-order valence-electron chi connectivity index (χ3n) is 5.99. The summed E-state index contributed by atoms with van der Waals surface area (Å²) in [7, 11) is 0. The predicted molar refractivity (Wildman–Crippen MR) is 119 cm³/mol. The van der Waals surface area contributed by atoms with Crippen molar-refractivity contribution in [2.45, 2.75) is 26.2 Å². The fourth-order valence-electron chi connectivity index (χ4n) is 4.36. The highest BCUT2D eigenvalue weighted by atomic mass is 35.5. The lowest BCUT2D eigenvalue weighted by Crippen LogP contribution is -2.31. The van der Waals surface area contributed by atoms with Crippen LogP contribution in [0.1, 0.15) is 36.5 Å². The Morgan fingerprint density at radius 2 is 1.78 bits per heavy atom. The first kappa shape index (κ1) is 22.0. The van der Waals surface area contributed by atoms with E-state index in [1.54, 1.807) is 36.4 Å². The molecule has 2 aliphatic rings. The highest BCUT2D eigenvalue weighted by Gasteiger charge is 2.50. The molecule has 0 radical (unpaired) electrons. The first-order valence-corrected chi connectivity index (χ1v) is 10.9. The minimum atomic E-state index is -0.719. The molecule has 2 aromatic rings. The number of halogens is 1. The van der Waals surface area contributed by atoms with Crippen molar-refractivity contribution < 1.29 is 23.9 Å². The van der Waals surface area contributed by atoms with Crippen LogP contribution >= 0.6 is 11.6 Å². The van der Waals surface area contributed by atoms with E-state index in [9.17, 15) is 19.2 Å². The molecule has 1 saturated carbocycles. The minimum absolute atomic E-state index is 0.158. The summed E-state index contributed by atoms with van der Waals surface area (Å²) in [6.07, 6.45) is 2.34. The van der Waals surface area contributed by atoms with Crippen LogP contribution in [0.15, 0.2) is 48.5 Å². The number of nitrogens with one attached hydrogen (secondary N) is 1. The number of rotatable bonds is 5. The van der Waals surface area contributed by atoms with Gasteiger partial charge >= 0.3 is 5.97 Å². The molecule has 4 rings (SSSR count). The number of hydrogen-bond donors (Lipinski definition) is 1. The summed E-state index contributed by atoms with van der Waals surface area (Å²) < 4.78 is 5.10. The van der Waals surface area contributed by atoms with Crippen molar-refractivity contribution in [1.29, 1.82) is 0 Å². The lowest BCUT2D eigenvalue weighted by molar-refractivity contribution is -0.122. The van der Waals surface area contributed by atoms with Crippen molar-refractivity contribution >= 4 is 46.7 Å². The van der Waals surface area contributed by atoms with Gasteiger partial charge in [0.15, 0.2) is 6.61 Å². The summed E-state index contributed by atoms with van der Waals surface area (Å²) in [4.78, 5) is 51.5. The molecule has 1 aliphatic carbocycles. The molecule has 2 fully saturated rings. The number of imide groups is 1. The van der Waals surface area contributed by atoms with E-state index < -0.39 is 18.5 Å². The van der Waals surface area contributed by atoms with Crippen molar-refractivity contribution in [2.75, 3.05) is 16.8 Å². The second-order valence-corrected chi connectivity index (χ2v) is 8.76. The number of esters is 1. The molecule has 0 bridgehead atoms. The van der Waals surface area contributed by atoms with Gasteiger partial charge in [-0.15, -0.1) is 0 Å². The van der Waals surface area contributed by atoms with Gasteiger partial charge in [0.25, 0.3) is 5.91 Å². The average Bonchev–Trinajstić information content (AvgIpc) is 3.03. The van der Waals surface area contributed by atoms with Gasteiger partial charge in [0, 0.05) is 10.7 Å². The van der Waals surface area contributed by atoms with Gasteiger partial charge in [0.05, 0.1) is 23.1 Å². The number of hydrogen-bond acceptors (Lipinski definition) is 5. The molecule has 1 aliphatic heterocycles. The zero-order valence-corrected chi connectivity index (χ0v) is 18.3. The highest BCUT2D eigenvalue weighted by Crippen LogP contribution is 2.42. The predicted octanol–water partition coefficient (Wildman–Crippen LogP) is 4.06. The van der Waals surface area contributed by atoms with Crippen LogP contribution in [-0.4, -0.2) is 30.3 Å². The second-order valence-electron chi connectivity index (χ2n) is 8.32. The summed E-state index contributed by atoms with van der Waals surface area (Å²) in [6, 6.07) is 12.7. The molecule has 8 heteroatoms. The molecule has 2 aromatic carbocycles. The molecule has 166 valence electrons. The van der Waals surface area contributed by atoms with E-state index in [-0.39, 0.29) is 29.2 Å². The number of carbonyl (C=O) groups excluding carboxylic acids is 4. The maximum absolute atomic E-state index is 12.9. The van der Waals surface area contributed by atoms with Crippen molar-refractivity contribution in [1.82, 2.24) is 0 Å². The van der Waals surface area contributed by atoms with Crippen LogP contribution in [0.2, 0.25) is 5.02 Å². The van der Waals surface area contributed by atoms with E-state index in [0.717, 1.165) is 6.42 Å².